The highest BCUT2D eigenvalue weighted by Gasteiger charge is 2.31. The molecule has 0 radical (unpaired) electrons. The lowest BCUT2D eigenvalue weighted by Crippen LogP contribution is -2.49. The van der Waals surface area contributed by atoms with Crippen molar-refractivity contribution in [1.82, 2.24) is 9.97 Å². The van der Waals surface area contributed by atoms with Gasteiger partial charge in [-0.15, -0.1) is 0 Å². The van der Waals surface area contributed by atoms with E-state index in [1.54, 1.807) is 12.3 Å². The molecule has 0 saturated carbocycles. The second-order valence-electron chi connectivity index (χ2n) is 6.10. The molecule has 1 aliphatic heterocycles. The van der Waals surface area contributed by atoms with Crippen LogP contribution in [-0.4, -0.2) is 40.3 Å². The van der Waals surface area contributed by atoms with Crippen LogP contribution in [0, 0.1) is 0 Å². The smallest absolute Gasteiger partial charge is 0.158 e. The van der Waals surface area contributed by atoms with Crippen LogP contribution >= 0.6 is 23.4 Å². The minimum atomic E-state index is -0.782. The van der Waals surface area contributed by atoms with Crippen LogP contribution in [0.1, 0.15) is 12.8 Å². The van der Waals surface area contributed by atoms with Crippen molar-refractivity contribution in [3.05, 3.63) is 29.4 Å². The average Bonchev–Trinajstić information content (AvgIpc) is 2.61. The van der Waals surface area contributed by atoms with Gasteiger partial charge in [0, 0.05) is 24.5 Å². The van der Waals surface area contributed by atoms with Crippen LogP contribution in [0.5, 0.6) is 0 Å². The minimum Gasteiger partial charge on any atom is -0.397 e. The predicted octanol–water partition coefficient (Wildman–Crippen LogP) is 1.74. The van der Waals surface area contributed by atoms with Crippen LogP contribution in [0.2, 0.25) is 5.02 Å². The van der Waals surface area contributed by atoms with Gasteiger partial charge in [-0.05, 0) is 25.0 Å². The number of hydrogen-bond donors (Lipinski definition) is 4. The van der Waals surface area contributed by atoms with Crippen LogP contribution in [-0.2, 0) is 0 Å². The summed E-state index contributed by atoms with van der Waals surface area (Å²) in [5, 5.41) is 11.3. The molecule has 9 heteroatoms. The first-order valence-electron chi connectivity index (χ1n) is 7.93. The number of rotatable bonds is 4. The number of nitrogen functional groups attached to an aromatic ring is 2. The molecule has 7 N–H and O–H groups in total. The highest BCUT2D eigenvalue weighted by atomic mass is 35.5. The lowest BCUT2D eigenvalue weighted by molar-refractivity contribution is 0.0248. The molecule has 1 aliphatic rings. The van der Waals surface area contributed by atoms with E-state index in [1.165, 1.54) is 11.8 Å². The van der Waals surface area contributed by atoms with Gasteiger partial charge >= 0.3 is 0 Å². The summed E-state index contributed by atoms with van der Waals surface area (Å²) in [5.74, 6) is 1.03. The molecule has 0 atom stereocenters. The molecule has 25 heavy (non-hydrogen) atoms. The van der Waals surface area contributed by atoms with Gasteiger partial charge in [0.15, 0.2) is 5.82 Å². The Morgan fingerprint density at radius 3 is 2.64 bits per heavy atom. The number of anilines is 3. The Morgan fingerprint density at radius 1 is 1.28 bits per heavy atom. The first-order valence-corrected chi connectivity index (χ1v) is 9.13. The van der Waals surface area contributed by atoms with Gasteiger partial charge in [0.25, 0.3) is 0 Å². The summed E-state index contributed by atoms with van der Waals surface area (Å²) in [7, 11) is 0. The third-order valence-electron chi connectivity index (χ3n) is 4.35. The minimum absolute atomic E-state index is 0.269. The molecule has 0 unspecified atom stereocenters. The van der Waals surface area contributed by atoms with E-state index in [0.717, 1.165) is 4.90 Å². The fraction of sp³-hybridized carbons (Fsp3) is 0.375. The Morgan fingerprint density at radius 2 is 2.00 bits per heavy atom. The average molecular weight is 381 g/mol. The maximum absolute atomic E-state index is 10.2. The van der Waals surface area contributed by atoms with Gasteiger partial charge in [-0.2, -0.15) is 0 Å². The molecule has 0 bridgehead atoms. The van der Waals surface area contributed by atoms with E-state index in [-0.39, 0.29) is 6.54 Å². The number of piperidine rings is 1. The van der Waals surface area contributed by atoms with Crippen LogP contribution in [0.3, 0.4) is 0 Å². The van der Waals surface area contributed by atoms with Crippen molar-refractivity contribution >= 4 is 40.7 Å². The van der Waals surface area contributed by atoms with Gasteiger partial charge in [-0.25, -0.2) is 9.97 Å². The van der Waals surface area contributed by atoms with Crippen molar-refractivity contribution in [2.45, 2.75) is 28.4 Å². The molecule has 2 aromatic rings. The Kier molecular flexibility index (Phi) is 5.24. The highest BCUT2D eigenvalue weighted by molar-refractivity contribution is 7.99. The van der Waals surface area contributed by atoms with Crippen molar-refractivity contribution in [2.75, 3.05) is 36.0 Å². The van der Waals surface area contributed by atoms with Gasteiger partial charge in [0.1, 0.15) is 10.8 Å². The SMILES string of the molecule is NCC1(O)CCN(c2cnc(Sc3cccc(N)c3Cl)c(N)n2)CC1. The number of halogens is 1. The second-order valence-corrected chi connectivity index (χ2v) is 7.50. The summed E-state index contributed by atoms with van der Waals surface area (Å²) in [5.41, 5.74) is 17.2. The van der Waals surface area contributed by atoms with Gasteiger partial charge in [0.05, 0.1) is 22.5 Å². The van der Waals surface area contributed by atoms with Gasteiger partial charge in [-0.1, -0.05) is 29.4 Å². The lowest BCUT2D eigenvalue weighted by atomic mass is 9.92. The van der Waals surface area contributed by atoms with Crippen LogP contribution in [0.15, 0.2) is 34.3 Å². The fourth-order valence-electron chi connectivity index (χ4n) is 2.68. The number of aromatic nitrogens is 2. The third-order valence-corrected chi connectivity index (χ3v) is 5.95. The number of hydrogen-bond acceptors (Lipinski definition) is 8. The molecule has 1 fully saturated rings. The molecule has 3 rings (SSSR count). The lowest BCUT2D eigenvalue weighted by Gasteiger charge is -2.37. The quantitative estimate of drug-likeness (QED) is 0.590. The molecular formula is C16H21ClN6OS. The standard InChI is InChI=1S/C16H21ClN6OS/c17-13-10(19)2-1-3-11(13)25-15-14(20)22-12(8-21-15)23-6-4-16(24,9-18)5-7-23/h1-3,8,24H,4-7,9,18-19H2,(H2,20,22). The van der Waals surface area contributed by atoms with E-state index < -0.39 is 5.60 Å². The topological polar surface area (TPSA) is 127 Å². The molecular weight excluding hydrogens is 360 g/mol. The Labute approximate surface area is 155 Å². The Bertz CT molecular complexity index is 766. The van der Waals surface area contributed by atoms with E-state index in [2.05, 4.69) is 14.9 Å². The monoisotopic (exact) mass is 380 g/mol. The number of nitrogens with zero attached hydrogens (tertiary/aromatic N) is 3. The summed E-state index contributed by atoms with van der Waals surface area (Å²) in [6.07, 6.45) is 2.88. The Balaban J connectivity index is 1.74. The molecule has 1 aromatic carbocycles. The zero-order valence-corrected chi connectivity index (χ0v) is 15.2. The van der Waals surface area contributed by atoms with Crippen molar-refractivity contribution < 1.29 is 5.11 Å². The van der Waals surface area contributed by atoms with Crippen molar-refractivity contribution in [1.29, 1.82) is 0 Å². The van der Waals surface area contributed by atoms with E-state index in [1.807, 2.05) is 12.1 Å². The van der Waals surface area contributed by atoms with Crippen molar-refractivity contribution in [2.24, 2.45) is 5.73 Å². The zero-order valence-electron chi connectivity index (χ0n) is 13.7. The maximum Gasteiger partial charge on any atom is 0.158 e. The number of benzene rings is 1. The van der Waals surface area contributed by atoms with Crippen LogP contribution in [0.4, 0.5) is 17.3 Å². The third kappa shape index (κ3) is 3.92. The zero-order chi connectivity index (χ0) is 18.0. The molecule has 0 spiro atoms. The van der Waals surface area contributed by atoms with Gasteiger partial charge in [-0.3, -0.25) is 0 Å². The van der Waals surface area contributed by atoms with Gasteiger partial charge < -0.3 is 27.2 Å². The molecule has 0 aliphatic carbocycles. The number of aliphatic hydroxyl groups is 1. The van der Waals surface area contributed by atoms with E-state index in [0.29, 0.717) is 53.3 Å². The molecule has 0 amide bonds. The highest BCUT2D eigenvalue weighted by Crippen LogP contribution is 2.37. The van der Waals surface area contributed by atoms with Crippen LogP contribution in [0.25, 0.3) is 0 Å². The molecule has 1 saturated heterocycles. The molecule has 134 valence electrons. The molecule has 1 aromatic heterocycles. The predicted molar refractivity (Wildman–Crippen MR) is 102 cm³/mol. The fourth-order valence-corrected chi connectivity index (χ4v) is 3.74. The largest absolute Gasteiger partial charge is 0.397 e. The summed E-state index contributed by atoms with van der Waals surface area (Å²) >= 11 is 7.54. The maximum atomic E-state index is 10.2. The Hall–Kier alpha value is -1.74. The van der Waals surface area contributed by atoms with Crippen LogP contribution < -0.4 is 22.1 Å². The van der Waals surface area contributed by atoms with E-state index in [4.69, 9.17) is 28.8 Å². The molecule has 7 nitrogen and oxygen atoms in total. The summed E-state index contributed by atoms with van der Waals surface area (Å²) < 4.78 is 0. The van der Waals surface area contributed by atoms with Crippen molar-refractivity contribution in [3.8, 4) is 0 Å². The summed E-state index contributed by atoms with van der Waals surface area (Å²) in [6, 6.07) is 5.42. The summed E-state index contributed by atoms with van der Waals surface area (Å²) in [6.45, 7) is 1.59. The van der Waals surface area contributed by atoms with Crippen molar-refractivity contribution in [3.63, 3.8) is 0 Å². The second kappa shape index (κ2) is 7.25. The van der Waals surface area contributed by atoms with E-state index in [9.17, 15) is 5.11 Å². The normalized spacial score (nSPS) is 16.8. The molecule has 2 heterocycles. The number of nitrogens with two attached hydrogens (primary N) is 3. The first-order chi connectivity index (χ1) is 11.9. The first kappa shape index (κ1) is 18.1. The van der Waals surface area contributed by atoms with Gasteiger partial charge in [0.2, 0.25) is 0 Å². The summed E-state index contributed by atoms with van der Waals surface area (Å²) in [4.78, 5) is 11.7. The van der Waals surface area contributed by atoms with E-state index >= 15 is 0 Å².